The number of nitrogens with one attached hydrogen (secondary N) is 3. The van der Waals surface area contributed by atoms with E-state index >= 15 is 0 Å². The molecule has 4 rings (SSSR count). The van der Waals surface area contributed by atoms with Crippen LogP contribution in [-0.4, -0.2) is 30.2 Å². The molecule has 4 aromatic rings. The highest BCUT2D eigenvalue weighted by molar-refractivity contribution is 6.00. The fourth-order valence-corrected chi connectivity index (χ4v) is 3.34. The number of benzene rings is 3. The molecule has 1 aromatic heterocycles. The molecule has 1 heterocycles. The van der Waals surface area contributed by atoms with Gasteiger partial charge < -0.3 is 25.1 Å². The smallest absolute Gasteiger partial charge is 0.323 e. The van der Waals surface area contributed by atoms with E-state index in [9.17, 15) is 4.79 Å². The van der Waals surface area contributed by atoms with E-state index in [0.717, 1.165) is 29.7 Å². The number of imidazole rings is 1. The average molecular weight is 416 g/mol. The van der Waals surface area contributed by atoms with Crippen molar-refractivity contribution >= 4 is 28.4 Å². The molecule has 0 aliphatic carbocycles. The largest absolute Gasteiger partial charge is 0.497 e. The van der Waals surface area contributed by atoms with Gasteiger partial charge in [-0.1, -0.05) is 24.3 Å². The Morgan fingerprint density at radius 3 is 2.48 bits per heavy atom. The Hall–Kier alpha value is -4.00. The Morgan fingerprint density at radius 2 is 1.74 bits per heavy atom. The first kappa shape index (κ1) is 20.3. The lowest BCUT2D eigenvalue weighted by atomic mass is 10.1. The molecular weight excluding hydrogens is 392 g/mol. The Kier molecular flexibility index (Phi) is 6.03. The quantitative estimate of drug-likeness (QED) is 0.395. The summed E-state index contributed by atoms with van der Waals surface area (Å²) in [7, 11) is 3.12. The number of H-pyrrole nitrogens is 1. The second kappa shape index (κ2) is 9.21. The highest BCUT2D eigenvalue weighted by Crippen LogP contribution is 2.29. The first-order valence-corrected chi connectivity index (χ1v) is 9.97. The van der Waals surface area contributed by atoms with Crippen molar-refractivity contribution in [2.75, 3.05) is 24.9 Å². The maximum atomic E-state index is 12.4. The number of rotatable bonds is 7. The lowest BCUT2D eigenvalue weighted by Gasteiger charge is -2.12. The molecule has 158 valence electrons. The number of aryl methyl sites for hydroxylation is 2. The van der Waals surface area contributed by atoms with Crippen LogP contribution in [0.4, 0.5) is 16.2 Å². The minimum Gasteiger partial charge on any atom is -0.497 e. The number of carbonyl (C=O) groups is 1. The Morgan fingerprint density at radius 1 is 0.935 bits per heavy atom. The summed E-state index contributed by atoms with van der Waals surface area (Å²) in [5.74, 6) is 2.15. The average Bonchev–Trinajstić information content (AvgIpc) is 3.21. The zero-order chi connectivity index (χ0) is 21.6. The molecule has 0 spiro atoms. The number of para-hydroxylation sites is 2. The van der Waals surface area contributed by atoms with Gasteiger partial charge in [-0.25, -0.2) is 9.78 Å². The number of methoxy groups -OCH3 is 2. The minimum atomic E-state index is -0.360. The predicted molar refractivity (Wildman–Crippen MR) is 122 cm³/mol. The SMILES string of the molecule is COc1ccc(OC)c(NC(=O)Nc2ccc(CCc3nc4ccccc4[nH]3)cc2)c1. The van der Waals surface area contributed by atoms with E-state index in [4.69, 9.17) is 9.47 Å². The molecular formula is C24H24N4O3. The maximum absolute atomic E-state index is 12.4. The third kappa shape index (κ3) is 4.95. The van der Waals surface area contributed by atoms with Crippen LogP contribution in [0.5, 0.6) is 11.5 Å². The molecule has 0 bridgehead atoms. The number of aromatic amines is 1. The molecule has 0 atom stereocenters. The number of hydrogen-bond acceptors (Lipinski definition) is 4. The molecule has 3 aromatic carbocycles. The van der Waals surface area contributed by atoms with E-state index in [2.05, 4.69) is 20.6 Å². The van der Waals surface area contributed by atoms with Crippen LogP contribution in [0.2, 0.25) is 0 Å². The van der Waals surface area contributed by atoms with Crippen molar-refractivity contribution in [3.63, 3.8) is 0 Å². The summed E-state index contributed by atoms with van der Waals surface area (Å²) in [6.07, 6.45) is 1.67. The highest BCUT2D eigenvalue weighted by Gasteiger charge is 2.09. The molecule has 0 aliphatic rings. The van der Waals surface area contributed by atoms with E-state index in [-0.39, 0.29) is 6.03 Å². The van der Waals surface area contributed by atoms with Crippen LogP contribution in [0.3, 0.4) is 0 Å². The molecule has 31 heavy (non-hydrogen) atoms. The van der Waals surface area contributed by atoms with Gasteiger partial charge in [0.2, 0.25) is 0 Å². The first-order chi connectivity index (χ1) is 15.1. The van der Waals surface area contributed by atoms with Gasteiger partial charge in [0.25, 0.3) is 0 Å². The number of fused-ring (bicyclic) bond motifs is 1. The number of nitrogens with zero attached hydrogens (tertiary/aromatic N) is 1. The number of hydrogen-bond donors (Lipinski definition) is 3. The zero-order valence-corrected chi connectivity index (χ0v) is 17.4. The molecule has 0 fully saturated rings. The third-order valence-corrected chi connectivity index (χ3v) is 4.96. The van der Waals surface area contributed by atoms with Gasteiger partial charge in [0.1, 0.15) is 17.3 Å². The summed E-state index contributed by atoms with van der Waals surface area (Å²) in [4.78, 5) is 20.4. The highest BCUT2D eigenvalue weighted by atomic mass is 16.5. The fourth-order valence-electron chi connectivity index (χ4n) is 3.34. The number of urea groups is 1. The Labute approximate surface area is 180 Å². The normalized spacial score (nSPS) is 10.6. The summed E-state index contributed by atoms with van der Waals surface area (Å²) in [5, 5.41) is 5.62. The summed E-state index contributed by atoms with van der Waals surface area (Å²) in [6, 6.07) is 20.6. The molecule has 0 unspecified atom stereocenters. The topological polar surface area (TPSA) is 88.3 Å². The van der Waals surface area contributed by atoms with E-state index in [1.54, 1.807) is 32.4 Å². The minimum absolute atomic E-state index is 0.360. The fraction of sp³-hybridized carbons (Fsp3) is 0.167. The Balaban J connectivity index is 1.34. The first-order valence-electron chi connectivity index (χ1n) is 9.97. The van der Waals surface area contributed by atoms with E-state index in [1.165, 1.54) is 5.56 Å². The molecule has 2 amide bonds. The van der Waals surface area contributed by atoms with Crippen LogP contribution >= 0.6 is 0 Å². The third-order valence-electron chi connectivity index (χ3n) is 4.96. The molecule has 3 N–H and O–H groups in total. The van der Waals surface area contributed by atoms with Crippen molar-refractivity contribution in [1.29, 1.82) is 0 Å². The number of aromatic nitrogens is 2. The maximum Gasteiger partial charge on any atom is 0.323 e. The van der Waals surface area contributed by atoms with Crippen LogP contribution in [0, 0.1) is 0 Å². The number of carbonyl (C=O) groups excluding carboxylic acids is 1. The molecule has 0 aliphatic heterocycles. The van der Waals surface area contributed by atoms with Gasteiger partial charge in [0, 0.05) is 18.2 Å². The standard InChI is InChI=1S/C24H24N4O3/c1-30-18-12-13-22(31-2)21(15-18)28-24(29)25-17-10-7-16(8-11-17)9-14-23-26-19-5-3-4-6-20(19)27-23/h3-8,10-13,15H,9,14H2,1-2H3,(H,26,27)(H2,25,28,29). The Bertz CT molecular complexity index is 1150. The van der Waals surface area contributed by atoms with Gasteiger partial charge in [-0.15, -0.1) is 0 Å². The monoisotopic (exact) mass is 416 g/mol. The van der Waals surface area contributed by atoms with Crippen LogP contribution in [-0.2, 0) is 12.8 Å². The second-order valence-electron chi connectivity index (χ2n) is 7.04. The second-order valence-corrected chi connectivity index (χ2v) is 7.04. The van der Waals surface area contributed by atoms with Crippen molar-refractivity contribution < 1.29 is 14.3 Å². The summed E-state index contributed by atoms with van der Waals surface area (Å²) in [6.45, 7) is 0. The van der Waals surface area contributed by atoms with E-state index in [1.807, 2.05) is 48.5 Å². The van der Waals surface area contributed by atoms with Gasteiger partial charge in [-0.05, 0) is 48.4 Å². The lowest BCUT2D eigenvalue weighted by Crippen LogP contribution is -2.19. The number of amides is 2. The zero-order valence-electron chi connectivity index (χ0n) is 17.4. The molecule has 0 saturated carbocycles. The van der Waals surface area contributed by atoms with E-state index < -0.39 is 0 Å². The van der Waals surface area contributed by atoms with Crippen molar-refractivity contribution in [2.24, 2.45) is 0 Å². The van der Waals surface area contributed by atoms with Crippen LogP contribution in [0.15, 0.2) is 66.7 Å². The number of ether oxygens (including phenoxy) is 2. The predicted octanol–water partition coefficient (Wildman–Crippen LogP) is 5.01. The van der Waals surface area contributed by atoms with Gasteiger partial charge in [-0.2, -0.15) is 0 Å². The van der Waals surface area contributed by atoms with Gasteiger partial charge in [-0.3, -0.25) is 0 Å². The molecule has 7 heteroatoms. The van der Waals surface area contributed by atoms with Gasteiger partial charge in [0.05, 0.1) is 30.9 Å². The van der Waals surface area contributed by atoms with Gasteiger partial charge >= 0.3 is 6.03 Å². The van der Waals surface area contributed by atoms with Gasteiger partial charge in [0.15, 0.2) is 0 Å². The van der Waals surface area contributed by atoms with Crippen LogP contribution in [0.1, 0.15) is 11.4 Å². The van der Waals surface area contributed by atoms with E-state index in [0.29, 0.717) is 22.9 Å². The molecule has 0 radical (unpaired) electrons. The van der Waals surface area contributed by atoms with Crippen molar-refractivity contribution in [2.45, 2.75) is 12.8 Å². The summed E-state index contributed by atoms with van der Waals surface area (Å²) < 4.78 is 10.5. The van der Waals surface area contributed by atoms with Crippen LogP contribution < -0.4 is 20.1 Å². The van der Waals surface area contributed by atoms with Crippen LogP contribution in [0.25, 0.3) is 11.0 Å². The molecule has 0 saturated heterocycles. The van der Waals surface area contributed by atoms with Crippen molar-refractivity contribution in [3.8, 4) is 11.5 Å². The summed E-state index contributed by atoms with van der Waals surface area (Å²) in [5.41, 5.74) is 4.43. The van der Waals surface area contributed by atoms with Crippen molar-refractivity contribution in [3.05, 3.63) is 78.1 Å². The number of anilines is 2. The molecule has 7 nitrogen and oxygen atoms in total. The lowest BCUT2D eigenvalue weighted by molar-refractivity contribution is 0.262. The van der Waals surface area contributed by atoms with Crippen molar-refractivity contribution in [1.82, 2.24) is 9.97 Å². The summed E-state index contributed by atoms with van der Waals surface area (Å²) >= 11 is 0.